The van der Waals surface area contributed by atoms with Crippen LogP contribution in [0.4, 0.5) is 5.69 Å². The highest BCUT2D eigenvalue weighted by atomic mass is 15.2. The van der Waals surface area contributed by atoms with Gasteiger partial charge in [-0.3, -0.25) is 0 Å². The number of benzene rings is 1. The van der Waals surface area contributed by atoms with Gasteiger partial charge < -0.3 is 9.80 Å². The Kier molecular flexibility index (Phi) is 5.35. The molecule has 2 nitrogen and oxygen atoms in total. The van der Waals surface area contributed by atoms with E-state index < -0.39 is 0 Å². The lowest BCUT2D eigenvalue weighted by Crippen LogP contribution is -2.38. The Labute approximate surface area is 227 Å². The summed E-state index contributed by atoms with van der Waals surface area (Å²) in [5.41, 5.74) is 8.61. The van der Waals surface area contributed by atoms with E-state index in [2.05, 4.69) is 119 Å². The monoisotopic (exact) mass is 496 g/mol. The van der Waals surface area contributed by atoms with Crippen molar-refractivity contribution in [3.63, 3.8) is 0 Å². The van der Waals surface area contributed by atoms with Gasteiger partial charge in [-0.25, -0.2) is 0 Å². The number of allylic oxidation sites excluding steroid dienone is 11. The summed E-state index contributed by atoms with van der Waals surface area (Å²) in [6.45, 7) is 0. The number of fused-ring (bicyclic) bond motifs is 5. The first-order valence-corrected chi connectivity index (χ1v) is 14.7. The topological polar surface area (TPSA) is 6.48 Å². The second-order valence-electron chi connectivity index (χ2n) is 11.8. The third-order valence-electron chi connectivity index (χ3n) is 9.77. The van der Waals surface area contributed by atoms with Crippen molar-refractivity contribution in [1.29, 1.82) is 0 Å². The summed E-state index contributed by atoms with van der Waals surface area (Å²) < 4.78 is 0. The highest BCUT2D eigenvalue weighted by molar-refractivity contribution is 5.60. The van der Waals surface area contributed by atoms with Gasteiger partial charge in [-0.15, -0.1) is 0 Å². The number of rotatable bonds is 3. The zero-order valence-corrected chi connectivity index (χ0v) is 22.0. The van der Waals surface area contributed by atoms with Gasteiger partial charge in [-0.05, 0) is 73.5 Å². The maximum absolute atomic E-state index is 2.74. The minimum Gasteiger partial charge on any atom is -0.361 e. The standard InChI is InChI=1S/C36H36N2/c1-3-11-27(12-4-1)37-34-18-10-8-16-30(34)32-23-25(20-22-35(32)37)26-19-21-31-29-15-7-9-17-33(29)38(36(31)24-26)28-13-5-2-6-14-28/h2-3,5-8,11-16,19-24,29,31-33,35-36H,1,4,9-10,17-18H2. The Hall–Kier alpha value is -3.52. The van der Waals surface area contributed by atoms with Crippen molar-refractivity contribution >= 4 is 5.69 Å². The fraction of sp³-hybridized carbons (Fsp3) is 0.333. The molecule has 7 aliphatic rings. The molecule has 2 heterocycles. The molecule has 2 aliphatic heterocycles. The second kappa shape index (κ2) is 9.05. The highest BCUT2D eigenvalue weighted by Gasteiger charge is 2.47. The third-order valence-corrected chi connectivity index (χ3v) is 9.77. The summed E-state index contributed by atoms with van der Waals surface area (Å²) in [6, 6.07) is 12.5. The number of nitrogens with zero attached hydrogens (tertiary/aromatic N) is 2. The van der Waals surface area contributed by atoms with Crippen molar-refractivity contribution in [2.45, 2.75) is 56.7 Å². The summed E-state index contributed by atoms with van der Waals surface area (Å²) in [5, 5.41) is 0. The molecule has 0 N–H and O–H groups in total. The van der Waals surface area contributed by atoms with Gasteiger partial charge in [0.05, 0.1) is 12.1 Å². The van der Waals surface area contributed by atoms with Crippen molar-refractivity contribution < 1.29 is 0 Å². The minimum absolute atomic E-state index is 0.390. The van der Waals surface area contributed by atoms with E-state index in [0.29, 0.717) is 35.9 Å². The fourth-order valence-electron chi connectivity index (χ4n) is 8.13. The van der Waals surface area contributed by atoms with Crippen LogP contribution in [0.15, 0.2) is 137 Å². The molecule has 6 atom stereocenters. The Morgan fingerprint density at radius 3 is 2.45 bits per heavy atom. The maximum Gasteiger partial charge on any atom is 0.0626 e. The molecule has 2 heteroatoms. The fourth-order valence-corrected chi connectivity index (χ4v) is 8.13. The van der Waals surface area contributed by atoms with Crippen LogP contribution in [-0.4, -0.2) is 23.0 Å². The zero-order chi connectivity index (χ0) is 25.1. The molecule has 0 saturated carbocycles. The lowest BCUT2D eigenvalue weighted by molar-refractivity contribution is 0.362. The maximum atomic E-state index is 2.74. The lowest BCUT2D eigenvalue weighted by Gasteiger charge is -2.35. The van der Waals surface area contributed by atoms with E-state index in [0.717, 1.165) is 25.7 Å². The number of hydrogen-bond acceptors (Lipinski definition) is 2. The molecular formula is C36H36N2. The molecule has 1 aromatic carbocycles. The Bertz CT molecular complexity index is 1410. The van der Waals surface area contributed by atoms with Gasteiger partial charge in [-0.1, -0.05) is 91.1 Å². The predicted octanol–water partition coefficient (Wildman–Crippen LogP) is 7.96. The van der Waals surface area contributed by atoms with Crippen LogP contribution >= 0.6 is 0 Å². The van der Waals surface area contributed by atoms with Crippen molar-refractivity contribution in [3.05, 3.63) is 137 Å². The first-order valence-electron chi connectivity index (χ1n) is 14.7. The Morgan fingerprint density at radius 2 is 1.55 bits per heavy atom. The van der Waals surface area contributed by atoms with E-state index in [1.54, 1.807) is 0 Å². The molecule has 0 amide bonds. The van der Waals surface area contributed by atoms with Crippen LogP contribution in [0.1, 0.15) is 38.5 Å². The molecule has 6 unspecified atom stereocenters. The third kappa shape index (κ3) is 3.46. The van der Waals surface area contributed by atoms with Crippen molar-refractivity contribution in [3.8, 4) is 0 Å². The van der Waals surface area contributed by atoms with Gasteiger partial charge in [0.25, 0.3) is 0 Å². The Balaban J connectivity index is 1.15. The van der Waals surface area contributed by atoms with Crippen molar-refractivity contribution in [2.75, 3.05) is 4.90 Å². The minimum atomic E-state index is 0.390. The quantitative estimate of drug-likeness (QED) is 0.392. The van der Waals surface area contributed by atoms with Crippen LogP contribution in [0.5, 0.6) is 0 Å². The number of anilines is 1. The largest absolute Gasteiger partial charge is 0.361 e. The van der Waals surface area contributed by atoms with Gasteiger partial charge in [0, 0.05) is 40.9 Å². The Morgan fingerprint density at radius 1 is 0.684 bits per heavy atom. The van der Waals surface area contributed by atoms with Gasteiger partial charge in [0.2, 0.25) is 0 Å². The molecule has 0 aromatic heterocycles. The molecule has 1 fully saturated rings. The summed E-state index contributed by atoms with van der Waals surface area (Å²) in [6.07, 6.45) is 38.9. The molecule has 8 rings (SSSR count). The predicted molar refractivity (Wildman–Crippen MR) is 157 cm³/mol. The number of para-hydroxylation sites is 1. The highest BCUT2D eigenvalue weighted by Crippen LogP contribution is 2.49. The van der Waals surface area contributed by atoms with E-state index >= 15 is 0 Å². The summed E-state index contributed by atoms with van der Waals surface area (Å²) in [4.78, 5) is 5.39. The molecule has 0 bridgehead atoms. The average Bonchev–Trinajstić information content (AvgIpc) is 3.50. The average molecular weight is 497 g/mol. The van der Waals surface area contributed by atoms with E-state index in [4.69, 9.17) is 0 Å². The van der Waals surface area contributed by atoms with Gasteiger partial charge in [0.15, 0.2) is 0 Å². The first kappa shape index (κ1) is 22.5. The van der Waals surface area contributed by atoms with Gasteiger partial charge >= 0.3 is 0 Å². The normalized spacial score (nSPS) is 34.5. The zero-order valence-electron chi connectivity index (χ0n) is 22.0. The molecule has 5 aliphatic carbocycles. The second-order valence-corrected chi connectivity index (χ2v) is 11.8. The molecule has 1 saturated heterocycles. The van der Waals surface area contributed by atoms with Crippen LogP contribution in [0.2, 0.25) is 0 Å². The van der Waals surface area contributed by atoms with Gasteiger partial charge in [0.1, 0.15) is 0 Å². The molecule has 38 heavy (non-hydrogen) atoms. The summed E-state index contributed by atoms with van der Waals surface area (Å²) in [5.74, 6) is 1.57. The molecule has 1 aromatic rings. The molecule has 0 radical (unpaired) electrons. The van der Waals surface area contributed by atoms with Crippen LogP contribution in [0.25, 0.3) is 0 Å². The van der Waals surface area contributed by atoms with E-state index in [-0.39, 0.29) is 0 Å². The summed E-state index contributed by atoms with van der Waals surface area (Å²) in [7, 11) is 0. The SMILES string of the molecule is C1=CC(N2C3=C(C=CCC3)C3C=C(C4=CC5C(C=C4)C4C=CCCC4N5c4ccccc4)C=CC32)=CCC1. The van der Waals surface area contributed by atoms with Gasteiger partial charge in [-0.2, -0.15) is 0 Å². The number of hydrogen-bond donors (Lipinski definition) is 0. The van der Waals surface area contributed by atoms with E-state index in [1.807, 2.05) is 0 Å². The lowest BCUT2D eigenvalue weighted by atomic mass is 9.78. The van der Waals surface area contributed by atoms with Crippen LogP contribution in [-0.2, 0) is 0 Å². The molecular weight excluding hydrogens is 460 g/mol. The van der Waals surface area contributed by atoms with Crippen molar-refractivity contribution in [1.82, 2.24) is 4.90 Å². The molecule has 0 spiro atoms. The van der Waals surface area contributed by atoms with Crippen LogP contribution in [0.3, 0.4) is 0 Å². The van der Waals surface area contributed by atoms with E-state index in [9.17, 15) is 0 Å². The smallest absolute Gasteiger partial charge is 0.0626 e. The first-order chi connectivity index (χ1) is 18.9. The van der Waals surface area contributed by atoms with Crippen molar-refractivity contribution in [2.24, 2.45) is 17.8 Å². The summed E-state index contributed by atoms with van der Waals surface area (Å²) >= 11 is 0. The molecule has 190 valence electrons. The van der Waals surface area contributed by atoms with E-state index in [1.165, 1.54) is 46.6 Å². The van der Waals surface area contributed by atoms with Crippen LogP contribution in [0, 0.1) is 17.8 Å². The van der Waals surface area contributed by atoms with Crippen LogP contribution < -0.4 is 4.90 Å².